The van der Waals surface area contributed by atoms with Crippen LogP contribution in [0.1, 0.15) is 23.0 Å². The number of amides is 1. The van der Waals surface area contributed by atoms with E-state index in [0.717, 1.165) is 22.7 Å². The summed E-state index contributed by atoms with van der Waals surface area (Å²) in [7, 11) is 0. The van der Waals surface area contributed by atoms with Crippen molar-refractivity contribution in [3.05, 3.63) is 71.7 Å². The quantitative estimate of drug-likeness (QED) is 0.703. The third kappa shape index (κ3) is 3.88. The molecule has 0 unspecified atom stereocenters. The number of rotatable bonds is 5. The molecule has 0 atom stereocenters. The first-order valence-corrected chi connectivity index (χ1v) is 8.06. The summed E-state index contributed by atoms with van der Waals surface area (Å²) in [6.07, 6.45) is 0. The predicted octanol–water partition coefficient (Wildman–Crippen LogP) is 4.78. The molecule has 1 aromatic heterocycles. The molecular weight excluding hydrogens is 319 g/mol. The van der Waals surface area contributed by atoms with Gasteiger partial charge in [-0.15, -0.1) is 0 Å². The standard InChI is InChI=1S/C20H19FN2O2/c1-3-25-17-10-8-16(9-11-17)23-20(24)18-12-19(22-13(18)2)14-4-6-15(21)7-5-14/h4-12,22H,3H2,1-2H3,(H,23,24). The first kappa shape index (κ1) is 16.8. The van der Waals surface area contributed by atoms with Crippen LogP contribution in [0.15, 0.2) is 54.6 Å². The number of carbonyl (C=O) groups is 1. The molecule has 0 aliphatic heterocycles. The molecule has 4 nitrogen and oxygen atoms in total. The zero-order valence-corrected chi connectivity index (χ0v) is 14.1. The lowest BCUT2D eigenvalue weighted by atomic mass is 10.1. The maximum Gasteiger partial charge on any atom is 0.257 e. The minimum absolute atomic E-state index is 0.203. The lowest BCUT2D eigenvalue weighted by molar-refractivity contribution is 0.102. The molecule has 2 aromatic carbocycles. The van der Waals surface area contributed by atoms with Crippen LogP contribution in [0.4, 0.5) is 10.1 Å². The Morgan fingerprint density at radius 2 is 1.80 bits per heavy atom. The number of H-pyrrole nitrogens is 1. The Morgan fingerprint density at radius 1 is 1.12 bits per heavy atom. The molecule has 0 fully saturated rings. The molecule has 0 aliphatic carbocycles. The highest BCUT2D eigenvalue weighted by Crippen LogP contribution is 2.23. The van der Waals surface area contributed by atoms with Crippen molar-refractivity contribution in [3.8, 4) is 17.0 Å². The van der Waals surface area contributed by atoms with E-state index in [9.17, 15) is 9.18 Å². The van der Waals surface area contributed by atoms with E-state index < -0.39 is 0 Å². The van der Waals surface area contributed by atoms with Crippen molar-refractivity contribution in [3.63, 3.8) is 0 Å². The van der Waals surface area contributed by atoms with Crippen LogP contribution in [0.25, 0.3) is 11.3 Å². The first-order valence-electron chi connectivity index (χ1n) is 8.06. The molecule has 0 aliphatic rings. The highest BCUT2D eigenvalue weighted by Gasteiger charge is 2.14. The van der Waals surface area contributed by atoms with E-state index in [1.807, 2.05) is 26.0 Å². The van der Waals surface area contributed by atoms with Crippen LogP contribution in [-0.2, 0) is 0 Å². The molecule has 3 rings (SSSR count). The van der Waals surface area contributed by atoms with Gasteiger partial charge in [-0.3, -0.25) is 4.79 Å². The fourth-order valence-electron chi connectivity index (χ4n) is 2.58. The Morgan fingerprint density at radius 3 is 2.44 bits per heavy atom. The molecule has 3 aromatic rings. The molecule has 25 heavy (non-hydrogen) atoms. The average Bonchev–Trinajstić information content (AvgIpc) is 2.99. The van der Waals surface area contributed by atoms with Gasteiger partial charge >= 0.3 is 0 Å². The second-order valence-corrected chi connectivity index (χ2v) is 5.64. The summed E-state index contributed by atoms with van der Waals surface area (Å²) in [5.41, 5.74) is 3.59. The Bertz CT molecular complexity index is 868. The minimum Gasteiger partial charge on any atom is -0.494 e. The maximum atomic E-state index is 13.1. The van der Waals surface area contributed by atoms with Crippen molar-refractivity contribution >= 4 is 11.6 Å². The van der Waals surface area contributed by atoms with Gasteiger partial charge in [-0.2, -0.15) is 0 Å². The van der Waals surface area contributed by atoms with Gasteiger partial charge in [-0.05, 0) is 74.0 Å². The number of hydrogen-bond acceptors (Lipinski definition) is 2. The Kier molecular flexibility index (Phi) is 4.84. The van der Waals surface area contributed by atoms with Crippen LogP contribution < -0.4 is 10.1 Å². The smallest absolute Gasteiger partial charge is 0.257 e. The van der Waals surface area contributed by atoms with Crippen LogP contribution in [0.3, 0.4) is 0 Å². The normalized spacial score (nSPS) is 10.5. The third-order valence-corrected chi connectivity index (χ3v) is 3.84. The lowest BCUT2D eigenvalue weighted by Gasteiger charge is -2.06. The molecule has 0 saturated heterocycles. The SMILES string of the molecule is CCOc1ccc(NC(=O)c2cc(-c3ccc(F)cc3)[nH]c2C)cc1. The van der Waals surface area contributed by atoms with Gasteiger partial charge in [0, 0.05) is 17.1 Å². The van der Waals surface area contributed by atoms with E-state index in [1.165, 1.54) is 12.1 Å². The lowest BCUT2D eigenvalue weighted by Crippen LogP contribution is -2.12. The highest BCUT2D eigenvalue weighted by atomic mass is 19.1. The topological polar surface area (TPSA) is 54.1 Å². The van der Waals surface area contributed by atoms with Crippen molar-refractivity contribution in [2.75, 3.05) is 11.9 Å². The second kappa shape index (κ2) is 7.21. The van der Waals surface area contributed by atoms with Crippen LogP contribution in [0.2, 0.25) is 0 Å². The van der Waals surface area contributed by atoms with Crippen molar-refractivity contribution in [2.45, 2.75) is 13.8 Å². The molecule has 0 bridgehead atoms. The highest BCUT2D eigenvalue weighted by molar-refractivity contribution is 6.05. The molecule has 0 radical (unpaired) electrons. The monoisotopic (exact) mass is 338 g/mol. The third-order valence-electron chi connectivity index (χ3n) is 3.84. The summed E-state index contributed by atoms with van der Waals surface area (Å²) in [5.74, 6) is 0.267. The van der Waals surface area contributed by atoms with E-state index in [2.05, 4.69) is 10.3 Å². The Labute approximate surface area is 145 Å². The van der Waals surface area contributed by atoms with Gasteiger partial charge in [0.15, 0.2) is 0 Å². The zero-order chi connectivity index (χ0) is 17.8. The van der Waals surface area contributed by atoms with E-state index in [0.29, 0.717) is 17.9 Å². The zero-order valence-electron chi connectivity index (χ0n) is 14.1. The number of hydrogen-bond donors (Lipinski definition) is 2. The fourth-order valence-corrected chi connectivity index (χ4v) is 2.58. The molecule has 128 valence electrons. The van der Waals surface area contributed by atoms with Crippen LogP contribution in [0.5, 0.6) is 5.75 Å². The number of aromatic amines is 1. The van der Waals surface area contributed by atoms with Crippen molar-refractivity contribution in [1.29, 1.82) is 0 Å². The number of nitrogens with one attached hydrogen (secondary N) is 2. The Balaban J connectivity index is 1.77. The van der Waals surface area contributed by atoms with Gasteiger partial charge < -0.3 is 15.0 Å². The summed E-state index contributed by atoms with van der Waals surface area (Å²) in [4.78, 5) is 15.7. The molecule has 1 amide bonds. The number of aromatic nitrogens is 1. The molecule has 1 heterocycles. The summed E-state index contributed by atoms with van der Waals surface area (Å²) >= 11 is 0. The van der Waals surface area contributed by atoms with Crippen molar-refractivity contribution < 1.29 is 13.9 Å². The van der Waals surface area contributed by atoms with Crippen LogP contribution in [0, 0.1) is 12.7 Å². The van der Waals surface area contributed by atoms with E-state index >= 15 is 0 Å². The first-order chi connectivity index (χ1) is 12.1. The number of anilines is 1. The molecule has 0 saturated carbocycles. The number of ether oxygens (including phenoxy) is 1. The number of benzene rings is 2. The van der Waals surface area contributed by atoms with E-state index in [4.69, 9.17) is 4.74 Å². The van der Waals surface area contributed by atoms with Gasteiger partial charge in [0.1, 0.15) is 11.6 Å². The van der Waals surface area contributed by atoms with Gasteiger partial charge in [0.25, 0.3) is 5.91 Å². The average molecular weight is 338 g/mol. The predicted molar refractivity (Wildman–Crippen MR) is 96.5 cm³/mol. The van der Waals surface area contributed by atoms with Gasteiger partial charge in [0.2, 0.25) is 0 Å². The van der Waals surface area contributed by atoms with Crippen LogP contribution >= 0.6 is 0 Å². The summed E-state index contributed by atoms with van der Waals surface area (Å²) < 4.78 is 18.4. The van der Waals surface area contributed by atoms with Crippen LogP contribution in [-0.4, -0.2) is 17.5 Å². The van der Waals surface area contributed by atoms with Gasteiger partial charge in [-0.25, -0.2) is 4.39 Å². The van der Waals surface area contributed by atoms with Crippen molar-refractivity contribution in [1.82, 2.24) is 4.98 Å². The molecular formula is C20H19FN2O2. The van der Waals surface area contributed by atoms with E-state index in [1.54, 1.807) is 30.3 Å². The molecule has 2 N–H and O–H groups in total. The molecule has 5 heteroatoms. The summed E-state index contributed by atoms with van der Waals surface area (Å²) in [6, 6.07) is 15.1. The Hall–Kier alpha value is -3.08. The fraction of sp³-hybridized carbons (Fsp3) is 0.150. The second-order valence-electron chi connectivity index (χ2n) is 5.64. The van der Waals surface area contributed by atoms with Crippen molar-refractivity contribution in [2.24, 2.45) is 0 Å². The number of halogens is 1. The van der Waals surface area contributed by atoms with Gasteiger partial charge in [-0.1, -0.05) is 0 Å². The van der Waals surface area contributed by atoms with E-state index in [-0.39, 0.29) is 11.7 Å². The number of aryl methyl sites for hydroxylation is 1. The summed E-state index contributed by atoms with van der Waals surface area (Å²) in [5, 5.41) is 2.87. The maximum absolute atomic E-state index is 13.1. The largest absolute Gasteiger partial charge is 0.494 e. The summed E-state index contributed by atoms with van der Waals surface area (Å²) in [6.45, 7) is 4.35. The number of carbonyl (C=O) groups excluding carboxylic acids is 1. The van der Waals surface area contributed by atoms with Gasteiger partial charge in [0.05, 0.1) is 12.2 Å². The minimum atomic E-state index is -0.291. The molecule has 0 spiro atoms.